The third-order valence-electron chi connectivity index (χ3n) is 7.89. The quantitative estimate of drug-likeness (QED) is 0.0514. The minimum atomic E-state index is -1.49. The third kappa shape index (κ3) is 17.5. The fraction of sp³-hybridized carbons (Fsp3) is 0.742. The number of carboxylic acids is 1. The molecule has 6 atom stereocenters. The number of rotatable bonds is 11. The summed E-state index contributed by atoms with van der Waals surface area (Å²) in [6.07, 6.45) is 3.48. The lowest BCUT2D eigenvalue weighted by Crippen LogP contribution is -2.59. The lowest BCUT2D eigenvalue weighted by atomic mass is 10.0. The number of Topliss-reactive ketones (excluding diaryl/α,β-unsaturated/α-hetero) is 2. The van der Waals surface area contributed by atoms with E-state index in [1.54, 1.807) is 13.2 Å². The van der Waals surface area contributed by atoms with Crippen molar-refractivity contribution in [1.29, 1.82) is 5.41 Å². The summed E-state index contributed by atoms with van der Waals surface area (Å²) in [4.78, 5) is 90.9. The standard InChI is InChI=1S/C31H54N8O9S/c1-18-26(44)27(45)20(14-17-49-3)36-28(46)21(10-9-16-35-31(32)33)37-29(47)22(12-13-24(42)43)38-30(48)25(19(2)40)39-23(41)11-7-5-4-6-8-15-34-18/h18-22,25,34,40H,4-17H2,1-3H3,(H,36,46)(H,37,47)(H,38,48)(H,39,41)(H,42,43)(H4,32,33,35)/t18?,19-,20?,21+,22?,25+/m1/s1. The van der Waals surface area contributed by atoms with E-state index in [1.807, 2.05) is 0 Å². The average molecular weight is 715 g/mol. The van der Waals surface area contributed by atoms with Gasteiger partial charge in [-0.25, -0.2) is 0 Å². The number of aliphatic hydroxyl groups excluding tert-OH is 1. The second-order valence-electron chi connectivity index (χ2n) is 12.1. The Morgan fingerprint density at radius 3 is 2.10 bits per heavy atom. The minimum absolute atomic E-state index is 0.0286. The van der Waals surface area contributed by atoms with E-state index in [-0.39, 0.29) is 44.6 Å². The Kier molecular flexibility index (Phi) is 20.8. The molecule has 0 bridgehead atoms. The summed E-state index contributed by atoms with van der Waals surface area (Å²) in [7, 11) is 0. The number of amides is 4. The van der Waals surface area contributed by atoms with Crippen molar-refractivity contribution in [2.45, 2.75) is 121 Å². The topological polar surface area (TPSA) is 282 Å². The predicted octanol–water partition coefficient (Wildman–Crippen LogP) is -1.34. The summed E-state index contributed by atoms with van der Waals surface area (Å²) in [5.74, 6) is -5.77. The summed E-state index contributed by atoms with van der Waals surface area (Å²) in [6.45, 7) is 3.48. The molecule has 0 aliphatic carbocycles. The van der Waals surface area contributed by atoms with Crippen molar-refractivity contribution in [2.24, 2.45) is 5.73 Å². The van der Waals surface area contributed by atoms with Gasteiger partial charge in [0, 0.05) is 19.4 Å². The molecule has 4 amide bonds. The van der Waals surface area contributed by atoms with Gasteiger partial charge >= 0.3 is 5.97 Å². The average Bonchev–Trinajstić information content (AvgIpc) is 3.04. The molecule has 3 unspecified atom stereocenters. The monoisotopic (exact) mass is 714 g/mol. The van der Waals surface area contributed by atoms with Crippen LogP contribution < -0.4 is 37.6 Å². The zero-order valence-electron chi connectivity index (χ0n) is 28.6. The third-order valence-corrected chi connectivity index (χ3v) is 8.53. The van der Waals surface area contributed by atoms with Crippen LogP contribution in [0.4, 0.5) is 0 Å². The van der Waals surface area contributed by atoms with Gasteiger partial charge in [-0.15, -0.1) is 0 Å². The predicted molar refractivity (Wildman–Crippen MR) is 184 cm³/mol. The van der Waals surface area contributed by atoms with Gasteiger partial charge < -0.3 is 47.8 Å². The molecule has 0 spiro atoms. The van der Waals surface area contributed by atoms with Crippen molar-refractivity contribution >= 4 is 58.9 Å². The van der Waals surface area contributed by atoms with Crippen LogP contribution in [0.2, 0.25) is 0 Å². The zero-order chi connectivity index (χ0) is 36.9. The van der Waals surface area contributed by atoms with Gasteiger partial charge in [-0.3, -0.25) is 39.0 Å². The number of carbonyl (C=O) groups excluding carboxylic acids is 6. The number of nitrogens with one attached hydrogen (secondary N) is 7. The van der Waals surface area contributed by atoms with Crippen molar-refractivity contribution in [2.75, 3.05) is 25.1 Å². The number of carboxylic acid groups (broad SMARTS) is 1. The van der Waals surface area contributed by atoms with E-state index >= 15 is 0 Å². The maximum atomic E-state index is 13.6. The van der Waals surface area contributed by atoms with Gasteiger partial charge in [0.1, 0.15) is 18.1 Å². The molecule has 17 nitrogen and oxygen atoms in total. The van der Waals surface area contributed by atoms with E-state index in [0.717, 1.165) is 19.3 Å². The molecule has 0 aromatic carbocycles. The van der Waals surface area contributed by atoms with Crippen LogP contribution in [0.5, 0.6) is 0 Å². The van der Waals surface area contributed by atoms with E-state index < -0.39 is 83.9 Å². The molecule has 0 radical (unpaired) electrons. The first kappa shape index (κ1) is 43.3. The normalized spacial score (nSPS) is 25.3. The Balaban J connectivity index is 3.45. The highest BCUT2D eigenvalue weighted by molar-refractivity contribution is 7.98. The Morgan fingerprint density at radius 2 is 1.49 bits per heavy atom. The first-order valence-electron chi connectivity index (χ1n) is 16.7. The van der Waals surface area contributed by atoms with Crippen molar-refractivity contribution in [1.82, 2.24) is 31.9 Å². The van der Waals surface area contributed by atoms with Crippen LogP contribution in [-0.4, -0.2) is 119 Å². The van der Waals surface area contributed by atoms with E-state index in [9.17, 15) is 43.8 Å². The number of hydrogen-bond acceptors (Lipinski definition) is 11. The van der Waals surface area contributed by atoms with Gasteiger partial charge in [-0.05, 0) is 70.9 Å². The number of hydrogen-bond donors (Lipinski definition) is 10. The Bertz CT molecular complexity index is 1160. The van der Waals surface area contributed by atoms with Crippen LogP contribution in [-0.2, 0) is 33.6 Å². The smallest absolute Gasteiger partial charge is 0.303 e. The fourth-order valence-corrected chi connectivity index (χ4v) is 5.50. The molecule has 1 fully saturated rings. The number of nitrogens with two attached hydrogens (primary N) is 1. The largest absolute Gasteiger partial charge is 0.481 e. The van der Waals surface area contributed by atoms with Gasteiger partial charge in [0.2, 0.25) is 35.2 Å². The highest BCUT2D eigenvalue weighted by atomic mass is 32.2. The van der Waals surface area contributed by atoms with Gasteiger partial charge in [-0.2, -0.15) is 11.8 Å². The van der Waals surface area contributed by atoms with Crippen LogP contribution in [0.15, 0.2) is 0 Å². The molecule has 18 heteroatoms. The van der Waals surface area contributed by atoms with Crippen LogP contribution in [0.1, 0.15) is 84.5 Å². The first-order valence-corrected chi connectivity index (χ1v) is 18.1. The molecule has 49 heavy (non-hydrogen) atoms. The molecule has 1 aliphatic heterocycles. The molecular formula is C31H54N8O9S. The van der Waals surface area contributed by atoms with E-state index in [2.05, 4.69) is 31.9 Å². The summed E-state index contributed by atoms with van der Waals surface area (Å²) in [5, 5.41) is 42.6. The lowest BCUT2D eigenvalue weighted by Gasteiger charge is -2.27. The summed E-state index contributed by atoms with van der Waals surface area (Å²) >= 11 is 1.41. The second-order valence-corrected chi connectivity index (χ2v) is 13.1. The number of guanidine groups is 1. The summed E-state index contributed by atoms with van der Waals surface area (Å²) in [6, 6.07) is -6.24. The van der Waals surface area contributed by atoms with Gasteiger partial charge in [0.25, 0.3) is 0 Å². The van der Waals surface area contributed by atoms with E-state index in [4.69, 9.17) is 11.1 Å². The van der Waals surface area contributed by atoms with Crippen LogP contribution in [0, 0.1) is 5.41 Å². The Hall–Kier alpha value is -3.77. The maximum Gasteiger partial charge on any atom is 0.303 e. The molecule has 1 saturated heterocycles. The van der Waals surface area contributed by atoms with Gasteiger partial charge in [0.05, 0.1) is 18.2 Å². The van der Waals surface area contributed by atoms with Crippen LogP contribution >= 0.6 is 11.8 Å². The molecule has 1 aliphatic rings. The van der Waals surface area contributed by atoms with Crippen molar-refractivity contribution in [3.63, 3.8) is 0 Å². The van der Waals surface area contributed by atoms with Crippen molar-refractivity contribution < 1.29 is 43.8 Å². The molecule has 278 valence electrons. The highest BCUT2D eigenvalue weighted by Crippen LogP contribution is 2.10. The lowest BCUT2D eigenvalue weighted by molar-refractivity contribution is -0.140. The number of ketones is 2. The molecule has 0 saturated carbocycles. The Labute approximate surface area is 291 Å². The minimum Gasteiger partial charge on any atom is -0.481 e. The van der Waals surface area contributed by atoms with Crippen LogP contribution in [0.3, 0.4) is 0 Å². The van der Waals surface area contributed by atoms with Crippen molar-refractivity contribution in [3.8, 4) is 0 Å². The molecule has 1 rings (SSSR count). The number of aliphatic carboxylic acids is 1. The van der Waals surface area contributed by atoms with Crippen LogP contribution in [0.25, 0.3) is 0 Å². The van der Waals surface area contributed by atoms with Gasteiger partial charge in [-0.1, -0.05) is 19.3 Å². The van der Waals surface area contributed by atoms with Gasteiger partial charge in [0.15, 0.2) is 5.96 Å². The summed E-state index contributed by atoms with van der Waals surface area (Å²) in [5.41, 5.74) is 5.34. The molecule has 1 heterocycles. The molecular weight excluding hydrogens is 660 g/mol. The molecule has 0 aromatic heterocycles. The number of thioether (sulfide) groups is 1. The molecule has 0 aromatic rings. The first-order chi connectivity index (χ1) is 23.2. The Morgan fingerprint density at radius 1 is 0.898 bits per heavy atom. The molecule has 11 N–H and O–H groups in total. The van der Waals surface area contributed by atoms with E-state index in [1.165, 1.54) is 18.7 Å². The maximum absolute atomic E-state index is 13.6. The highest BCUT2D eigenvalue weighted by Gasteiger charge is 2.34. The summed E-state index contributed by atoms with van der Waals surface area (Å²) < 4.78 is 0. The zero-order valence-corrected chi connectivity index (χ0v) is 29.4. The second kappa shape index (κ2) is 23.6. The van der Waals surface area contributed by atoms with E-state index in [0.29, 0.717) is 25.1 Å². The number of aliphatic hydroxyl groups is 1. The number of carbonyl (C=O) groups is 7. The van der Waals surface area contributed by atoms with Crippen molar-refractivity contribution in [3.05, 3.63) is 0 Å². The SMILES string of the molecule is CSCCC1NC(=O)[C@H](CCCNC(=N)N)NC(=O)C(CCC(=O)O)NC(=O)[C@H]([C@@H](C)O)NC(=O)CCCCCCCNC(C)C(=O)C1=O. The fourth-order valence-electron chi connectivity index (χ4n) is 5.03.